The van der Waals surface area contributed by atoms with Crippen LogP contribution in [-0.4, -0.2) is 20.0 Å². The Balaban J connectivity index is 2.77. The average Bonchev–Trinajstić information content (AvgIpc) is 2.18. The van der Waals surface area contributed by atoms with Crippen LogP contribution in [0.1, 0.15) is 12.5 Å². The molecule has 0 unspecified atom stereocenters. The van der Waals surface area contributed by atoms with Crippen molar-refractivity contribution in [2.75, 3.05) is 19.0 Å². The van der Waals surface area contributed by atoms with Crippen molar-refractivity contribution in [1.82, 2.24) is 5.32 Å². The lowest BCUT2D eigenvalue weighted by atomic mass is 10.2. The number of nitrogens with zero attached hydrogens (tertiary/aromatic N) is 1. The summed E-state index contributed by atoms with van der Waals surface area (Å²) in [5.74, 6) is 0.0476. The number of hydrogen-bond donors (Lipinski definition) is 1. The molecule has 0 aliphatic carbocycles. The topological polar surface area (TPSA) is 32.3 Å². The van der Waals surface area contributed by atoms with Gasteiger partial charge in [0.05, 0.1) is 0 Å². The highest BCUT2D eigenvalue weighted by Crippen LogP contribution is 2.13. The van der Waals surface area contributed by atoms with E-state index in [4.69, 9.17) is 0 Å². The van der Waals surface area contributed by atoms with E-state index in [0.29, 0.717) is 0 Å². The van der Waals surface area contributed by atoms with Crippen LogP contribution in [0.3, 0.4) is 0 Å². The van der Waals surface area contributed by atoms with E-state index in [2.05, 4.69) is 5.32 Å². The van der Waals surface area contributed by atoms with Gasteiger partial charge in [-0.25, -0.2) is 0 Å². The number of rotatable bonds is 3. The summed E-state index contributed by atoms with van der Waals surface area (Å²) >= 11 is 0. The van der Waals surface area contributed by atoms with E-state index in [9.17, 15) is 4.79 Å². The summed E-state index contributed by atoms with van der Waals surface area (Å²) in [6.45, 7) is 2.41. The first-order chi connectivity index (χ1) is 6.65. The first-order valence-electron chi connectivity index (χ1n) is 4.63. The quantitative estimate of drug-likeness (QED) is 0.785. The maximum atomic E-state index is 11.1. The van der Waals surface area contributed by atoms with Gasteiger partial charge in [0, 0.05) is 26.2 Å². The van der Waals surface area contributed by atoms with Crippen LogP contribution in [0.15, 0.2) is 24.3 Å². The van der Waals surface area contributed by atoms with Gasteiger partial charge in [-0.05, 0) is 24.7 Å². The second kappa shape index (κ2) is 4.77. The highest BCUT2D eigenvalue weighted by molar-refractivity contribution is 5.90. The van der Waals surface area contributed by atoms with Gasteiger partial charge in [0.15, 0.2) is 0 Å². The number of nitrogens with one attached hydrogen (secondary N) is 1. The Bertz CT molecular complexity index is 306. The van der Waals surface area contributed by atoms with Crippen LogP contribution in [0, 0.1) is 0 Å². The lowest BCUT2D eigenvalue weighted by Crippen LogP contribution is -2.22. The third-order valence-electron chi connectivity index (χ3n) is 2.18. The van der Waals surface area contributed by atoms with Crippen LogP contribution < -0.4 is 10.2 Å². The van der Waals surface area contributed by atoms with Crippen LogP contribution in [0.4, 0.5) is 5.69 Å². The summed E-state index contributed by atoms with van der Waals surface area (Å²) in [4.78, 5) is 12.7. The van der Waals surface area contributed by atoms with E-state index < -0.39 is 0 Å². The van der Waals surface area contributed by atoms with Crippen molar-refractivity contribution in [2.45, 2.75) is 13.5 Å². The summed E-state index contributed by atoms with van der Waals surface area (Å²) < 4.78 is 0. The van der Waals surface area contributed by atoms with E-state index in [1.807, 2.05) is 31.3 Å². The molecule has 0 spiro atoms. The predicted octanol–water partition coefficient (Wildman–Crippen LogP) is 1.39. The van der Waals surface area contributed by atoms with Crippen molar-refractivity contribution in [3.63, 3.8) is 0 Å². The molecule has 0 heterocycles. The van der Waals surface area contributed by atoms with Crippen molar-refractivity contribution in [3.05, 3.63) is 29.8 Å². The van der Waals surface area contributed by atoms with E-state index in [1.165, 1.54) is 5.56 Å². The molecular formula is C11H16N2O. The van der Waals surface area contributed by atoms with E-state index in [0.717, 1.165) is 12.2 Å². The zero-order chi connectivity index (χ0) is 10.6. The fraction of sp³-hybridized carbons (Fsp3) is 0.364. The molecule has 1 rings (SSSR count). The lowest BCUT2D eigenvalue weighted by molar-refractivity contribution is -0.116. The fourth-order valence-electron chi connectivity index (χ4n) is 1.22. The normalized spacial score (nSPS) is 9.93. The van der Waals surface area contributed by atoms with Gasteiger partial charge in [-0.3, -0.25) is 4.79 Å². The SMILES string of the molecule is CNCc1ccc(N(C)C(C)=O)cc1. The maximum absolute atomic E-state index is 11.1. The summed E-state index contributed by atoms with van der Waals surface area (Å²) in [7, 11) is 3.69. The highest BCUT2D eigenvalue weighted by atomic mass is 16.2. The number of carbonyl (C=O) groups is 1. The molecule has 0 radical (unpaired) electrons. The standard InChI is InChI=1S/C11H16N2O/c1-9(14)13(3)11-6-4-10(5-7-11)8-12-2/h4-7,12H,8H2,1-3H3. The number of carbonyl (C=O) groups excluding carboxylic acids is 1. The van der Waals surface area contributed by atoms with E-state index >= 15 is 0 Å². The zero-order valence-electron chi connectivity index (χ0n) is 8.87. The van der Waals surface area contributed by atoms with Gasteiger partial charge in [0.25, 0.3) is 0 Å². The monoisotopic (exact) mass is 192 g/mol. The molecule has 3 nitrogen and oxygen atoms in total. The van der Waals surface area contributed by atoms with Crippen molar-refractivity contribution in [2.24, 2.45) is 0 Å². The Morgan fingerprint density at radius 2 is 1.93 bits per heavy atom. The Labute approximate surface area is 84.7 Å². The molecule has 0 aromatic heterocycles. The molecular weight excluding hydrogens is 176 g/mol. The van der Waals surface area contributed by atoms with Crippen LogP contribution in [-0.2, 0) is 11.3 Å². The third kappa shape index (κ3) is 2.57. The molecule has 0 aliphatic rings. The second-order valence-electron chi connectivity index (χ2n) is 3.27. The minimum atomic E-state index is 0.0476. The Kier molecular flexibility index (Phi) is 3.65. The smallest absolute Gasteiger partial charge is 0.223 e. The molecule has 76 valence electrons. The Morgan fingerprint density at radius 1 is 1.36 bits per heavy atom. The van der Waals surface area contributed by atoms with Gasteiger partial charge in [-0.1, -0.05) is 12.1 Å². The highest BCUT2D eigenvalue weighted by Gasteiger charge is 2.04. The predicted molar refractivity (Wildman–Crippen MR) is 58.3 cm³/mol. The average molecular weight is 192 g/mol. The van der Waals surface area contributed by atoms with E-state index in [1.54, 1.807) is 18.9 Å². The summed E-state index contributed by atoms with van der Waals surface area (Å²) in [5, 5.41) is 3.07. The number of anilines is 1. The molecule has 1 amide bonds. The van der Waals surface area contributed by atoms with Gasteiger partial charge in [0.2, 0.25) is 5.91 Å². The molecule has 1 aromatic rings. The minimum absolute atomic E-state index is 0.0476. The van der Waals surface area contributed by atoms with Crippen LogP contribution in [0.25, 0.3) is 0 Å². The molecule has 1 N–H and O–H groups in total. The first kappa shape index (κ1) is 10.7. The van der Waals surface area contributed by atoms with Crippen molar-refractivity contribution >= 4 is 11.6 Å². The molecule has 1 aromatic carbocycles. The fourth-order valence-corrected chi connectivity index (χ4v) is 1.22. The summed E-state index contributed by atoms with van der Waals surface area (Å²) in [5.41, 5.74) is 2.14. The van der Waals surface area contributed by atoms with Gasteiger partial charge >= 0.3 is 0 Å². The molecule has 0 atom stereocenters. The van der Waals surface area contributed by atoms with Gasteiger partial charge in [-0.15, -0.1) is 0 Å². The second-order valence-corrected chi connectivity index (χ2v) is 3.27. The first-order valence-corrected chi connectivity index (χ1v) is 4.63. The zero-order valence-corrected chi connectivity index (χ0v) is 8.87. The van der Waals surface area contributed by atoms with Gasteiger partial charge in [0.1, 0.15) is 0 Å². The number of hydrogen-bond acceptors (Lipinski definition) is 2. The number of benzene rings is 1. The number of amides is 1. The molecule has 0 saturated heterocycles. The van der Waals surface area contributed by atoms with Crippen LogP contribution in [0.5, 0.6) is 0 Å². The Morgan fingerprint density at radius 3 is 2.36 bits per heavy atom. The third-order valence-corrected chi connectivity index (χ3v) is 2.18. The van der Waals surface area contributed by atoms with E-state index in [-0.39, 0.29) is 5.91 Å². The Hall–Kier alpha value is -1.35. The van der Waals surface area contributed by atoms with Crippen molar-refractivity contribution in [3.8, 4) is 0 Å². The molecule has 3 heteroatoms. The van der Waals surface area contributed by atoms with Crippen molar-refractivity contribution < 1.29 is 4.79 Å². The summed E-state index contributed by atoms with van der Waals surface area (Å²) in [6.07, 6.45) is 0. The molecule has 14 heavy (non-hydrogen) atoms. The van der Waals surface area contributed by atoms with Crippen molar-refractivity contribution in [1.29, 1.82) is 0 Å². The largest absolute Gasteiger partial charge is 0.316 e. The van der Waals surface area contributed by atoms with Gasteiger partial charge < -0.3 is 10.2 Å². The van der Waals surface area contributed by atoms with Crippen LogP contribution >= 0.6 is 0 Å². The maximum Gasteiger partial charge on any atom is 0.223 e. The molecule has 0 saturated carbocycles. The molecule has 0 fully saturated rings. The molecule has 0 aliphatic heterocycles. The minimum Gasteiger partial charge on any atom is -0.316 e. The van der Waals surface area contributed by atoms with Gasteiger partial charge in [-0.2, -0.15) is 0 Å². The van der Waals surface area contributed by atoms with Crippen LogP contribution in [0.2, 0.25) is 0 Å². The summed E-state index contributed by atoms with van der Waals surface area (Å²) in [6, 6.07) is 7.94. The molecule has 0 bridgehead atoms. The lowest BCUT2D eigenvalue weighted by Gasteiger charge is -2.15.